The molecule has 0 heterocycles. The molecule has 1 N–H and O–H groups in total. The molecule has 0 bridgehead atoms. The normalized spacial score (nSPS) is 13.6. The Morgan fingerprint density at radius 3 is 1.91 bits per heavy atom. The molecule has 0 rings (SSSR count). The molecule has 0 saturated carbocycles. The van der Waals surface area contributed by atoms with E-state index >= 15 is 0 Å². The third kappa shape index (κ3) is 9.22. The van der Waals surface area contributed by atoms with Crippen molar-refractivity contribution in [2.75, 3.05) is 0 Å². The number of aliphatic carboxylic acids is 2. The Hall–Kier alpha value is 0.850. The van der Waals surface area contributed by atoms with Gasteiger partial charge in [0, 0.05) is 12.4 Å². The fourth-order valence-corrected chi connectivity index (χ4v) is 2.87. The summed E-state index contributed by atoms with van der Waals surface area (Å²) in [4.78, 5) is 21.6. The summed E-state index contributed by atoms with van der Waals surface area (Å²) in [6.45, 7) is 4.03. The molecule has 0 amide bonds. The smallest absolute Gasteiger partial charge is 0.550 e. The molecule has 0 aliphatic carbocycles. The molecule has 1 unspecified atom stereocenters. The first-order valence-corrected chi connectivity index (χ1v) is 7.85. The fraction of sp³-hybridized carbons (Fsp3) is 0.833. The number of carboxylic acids is 2. The summed E-state index contributed by atoms with van der Waals surface area (Å²) in [5.41, 5.74) is 0. The molecule has 0 saturated heterocycles. The minimum atomic E-state index is -5.11. The second kappa shape index (κ2) is 12.2. The van der Waals surface area contributed by atoms with Crippen LogP contribution in [0, 0.1) is 5.92 Å². The van der Waals surface area contributed by atoms with Gasteiger partial charge in [0.15, 0.2) is 0 Å². The molecular weight excluding hydrogens is 334 g/mol. The summed E-state index contributed by atoms with van der Waals surface area (Å²) in [5.74, 6) is -3.52. The summed E-state index contributed by atoms with van der Waals surface area (Å²) >= 11 is 0. The van der Waals surface area contributed by atoms with Gasteiger partial charge in [-0.2, -0.15) is 8.42 Å². The molecule has 0 radical (unpaired) electrons. The minimum Gasteiger partial charge on any atom is -0.550 e. The van der Waals surface area contributed by atoms with E-state index in [9.17, 15) is 28.2 Å². The molecule has 10 heteroatoms. The maximum Gasteiger partial charge on any atom is 1.00 e. The van der Waals surface area contributed by atoms with Crippen LogP contribution in [0.15, 0.2) is 0 Å². The van der Waals surface area contributed by atoms with E-state index in [-0.39, 0.29) is 65.5 Å². The number of hydrogen-bond acceptors (Lipinski definition) is 6. The van der Waals surface area contributed by atoms with Gasteiger partial charge in [0.25, 0.3) is 10.1 Å². The van der Waals surface area contributed by atoms with Gasteiger partial charge in [0.2, 0.25) is 0 Å². The number of carbonyl (C=O) groups is 2. The molecule has 118 valence electrons. The van der Waals surface area contributed by atoms with Gasteiger partial charge in [-0.05, 0) is 12.3 Å². The van der Waals surface area contributed by atoms with E-state index in [1.54, 1.807) is 0 Å². The molecule has 0 fully saturated rings. The van der Waals surface area contributed by atoms with E-state index in [0.29, 0.717) is 12.3 Å². The molecule has 7 nitrogen and oxygen atoms in total. The molecule has 0 aromatic rings. The molecule has 0 aliphatic rings. The first kappa shape index (κ1) is 27.7. The molecule has 0 aromatic heterocycles. The van der Waals surface area contributed by atoms with Crippen LogP contribution in [-0.2, 0) is 19.7 Å². The molecule has 1 atom stereocenters. The summed E-state index contributed by atoms with van der Waals surface area (Å²) in [7, 11) is -5.11. The number of hydrogen-bond donors (Lipinski definition) is 1. The Balaban J connectivity index is -0.00000180. The monoisotopic (exact) mass is 354 g/mol. The zero-order chi connectivity index (χ0) is 16.0. The van der Waals surface area contributed by atoms with Gasteiger partial charge in [-0.3, -0.25) is 4.55 Å². The standard InChI is InChI=1S/C12H22O7S.2Na/c1-9(2)6-4-3-5-7-12(11(15)16,8-10(13)14)20(17,18)19;;/h9H,3-8H2,1-2H3,(H,13,14)(H,15,16)(H,17,18,19);;/q;2*+1/p-2. The first-order chi connectivity index (χ1) is 9.03. The van der Waals surface area contributed by atoms with E-state index in [1.807, 2.05) is 13.8 Å². The van der Waals surface area contributed by atoms with Crippen molar-refractivity contribution in [2.24, 2.45) is 5.92 Å². The van der Waals surface area contributed by atoms with E-state index in [0.717, 1.165) is 12.8 Å². The van der Waals surface area contributed by atoms with Crippen LogP contribution in [-0.4, -0.2) is 29.7 Å². The maximum atomic E-state index is 11.2. The average molecular weight is 354 g/mol. The number of carboxylic acid groups (broad SMARTS) is 2. The summed E-state index contributed by atoms with van der Waals surface area (Å²) in [6.07, 6.45) is 0.518. The van der Waals surface area contributed by atoms with Crippen LogP contribution in [0.4, 0.5) is 0 Å². The third-order valence-electron chi connectivity index (χ3n) is 3.16. The van der Waals surface area contributed by atoms with Gasteiger partial charge in [-0.25, -0.2) is 0 Å². The first-order valence-electron chi connectivity index (χ1n) is 6.41. The number of rotatable bonds is 10. The van der Waals surface area contributed by atoms with E-state index in [1.165, 1.54) is 0 Å². The van der Waals surface area contributed by atoms with E-state index < -0.39 is 39.6 Å². The zero-order valence-corrected chi connectivity index (χ0v) is 18.4. The van der Waals surface area contributed by atoms with Crippen molar-refractivity contribution < 1.29 is 91.9 Å². The van der Waals surface area contributed by atoms with E-state index in [2.05, 4.69) is 0 Å². The van der Waals surface area contributed by atoms with Crippen LogP contribution >= 0.6 is 0 Å². The zero-order valence-electron chi connectivity index (χ0n) is 13.6. The Labute approximate surface area is 175 Å². The van der Waals surface area contributed by atoms with Gasteiger partial charge >= 0.3 is 59.1 Å². The second-order valence-electron chi connectivity index (χ2n) is 5.30. The van der Waals surface area contributed by atoms with Crippen LogP contribution in [0.3, 0.4) is 0 Å². The van der Waals surface area contributed by atoms with Crippen LogP contribution in [0.5, 0.6) is 0 Å². The Morgan fingerprint density at radius 1 is 1.09 bits per heavy atom. The predicted molar refractivity (Wildman–Crippen MR) is 66.8 cm³/mol. The predicted octanol–water partition coefficient (Wildman–Crippen LogP) is -6.88. The summed E-state index contributed by atoms with van der Waals surface area (Å²) < 4.78 is 28.7. The van der Waals surface area contributed by atoms with Crippen molar-refractivity contribution in [3.8, 4) is 0 Å². The molecule has 22 heavy (non-hydrogen) atoms. The van der Waals surface area contributed by atoms with Crippen molar-refractivity contribution >= 4 is 22.1 Å². The van der Waals surface area contributed by atoms with Crippen LogP contribution < -0.4 is 69.3 Å². The van der Waals surface area contributed by atoms with Crippen molar-refractivity contribution in [3.05, 3.63) is 0 Å². The average Bonchev–Trinajstić information content (AvgIpc) is 2.23. The van der Waals surface area contributed by atoms with Gasteiger partial charge in [-0.1, -0.05) is 39.5 Å². The van der Waals surface area contributed by atoms with Crippen LogP contribution in [0.1, 0.15) is 52.4 Å². The van der Waals surface area contributed by atoms with Crippen LogP contribution in [0.2, 0.25) is 0 Å². The maximum absolute atomic E-state index is 11.2. The Morgan fingerprint density at radius 2 is 1.59 bits per heavy atom. The van der Waals surface area contributed by atoms with E-state index in [4.69, 9.17) is 4.55 Å². The molecule has 0 aromatic carbocycles. The number of carbonyl (C=O) groups excluding carboxylic acids is 2. The molecule has 0 spiro atoms. The van der Waals surface area contributed by atoms with Gasteiger partial charge in [-0.15, -0.1) is 0 Å². The SMILES string of the molecule is CC(C)CCCCCC(CC(=O)[O-])(C(=O)[O-])S(=O)(=O)O.[Na+].[Na+]. The van der Waals surface area contributed by atoms with Gasteiger partial charge in [0.1, 0.15) is 4.75 Å². The van der Waals surface area contributed by atoms with Crippen molar-refractivity contribution in [2.45, 2.75) is 57.1 Å². The number of unbranched alkanes of at least 4 members (excludes halogenated alkanes) is 2. The van der Waals surface area contributed by atoms with Crippen molar-refractivity contribution in [1.29, 1.82) is 0 Å². The second-order valence-corrected chi connectivity index (χ2v) is 7.03. The third-order valence-corrected chi connectivity index (χ3v) is 4.66. The Bertz CT molecular complexity index is 450. The quantitative estimate of drug-likeness (QED) is 0.234. The fourth-order valence-electron chi connectivity index (χ4n) is 1.96. The van der Waals surface area contributed by atoms with Crippen molar-refractivity contribution in [1.82, 2.24) is 0 Å². The van der Waals surface area contributed by atoms with Gasteiger partial charge in [0.05, 0.1) is 5.97 Å². The molecular formula is C12H20Na2O7S. The summed E-state index contributed by atoms with van der Waals surface area (Å²) in [5, 5.41) is 21.6. The van der Waals surface area contributed by atoms with Crippen LogP contribution in [0.25, 0.3) is 0 Å². The summed E-state index contributed by atoms with van der Waals surface area (Å²) in [6, 6.07) is 0. The Kier molecular flexibility index (Phi) is 15.4. The largest absolute Gasteiger partial charge is 1.00 e. The van der Waals surface area contributed by atoms with Gasteiger partial charge < -0.3 is 19.8 Å². The topological polar surface area (TPSA) is 135 Å². The van der Waals surface area contributed by atoms with Crippen molar-refractivity contribution in [3.63, 3.8) is 0 Å². The minimum absolute atomic E-state index is 0. The molecule has 0 aliphatic heterocycles.